The van der Waals surface area contributed by atoms with Gasteiger partial charge in [0.1, 0.15) is 11.4 Å². The molecule has 1 unspecified atom stereocenters. The highest BCUT2D eigenvalue weighted by Crippen LogP contribution is 2.33. The van der Waals surface area contributed by atoms with Gasteiger partial charge in [-0.25, -0.2) is 4.39 Å². The van der Waals surface area contributed by atoms with Crippen LogP contribution in [0.5, 0.6) is 5.75 Å². The maximum absolute atomic E-state index is 13.7. The number of hydrogen-bond donors (Lipinski definition) is 1. The molecule has 1 aliphatic heterocycles. The third-order valence-corrected chi connectivity index (χ3v) is 4.19. The summed E-state index contributed by atoms with van der Waals surface area (Å²) in [4.78, 5) is 28.6. The molecule has 1 amide bonds. The first-order valence-corrected chi connectivity index (χ1v) is 7.98. The minimum atomic E-state index is -0.803. The molecule has 0 radical (unpaired) electrons. The second-order valence-corrected chi connectivity index (χ2v) is 5.86. The van der Waals surface area contributed by atoms with Crippen molar-refractivity contribution in [2.45, 2.75) is 12.5 Å². The van der Waals surface area contributed by atoms with Crippen LogP contribution < -0.4 is 10.1 Å². The first kappa shape index (κ1) is 17.6. The van der Waals surface area contributed by atoms with Crippen LogP contribution in [0.25, 0.3) is 0 Å². The van der Waals surface area contributed by atoms with Gasteiger partial charge in [0.05, 0.1) is 18.1 Å². The molecule has 2 heterocycles. The maximum Gasteiger partial charge on any atom is 0.295 e. The number of halogens is 1. The molecule has 1 atom stereocenters. The van der Waals surface area contributed by atoms with Crippen molar-refractivity contribution < 1.29 is 18.8 Å². The number of pyridine rings is 1. The molecule has 3 rings (SSSR count). The van der Waals surface area contributed by atoms with E-state index in [2.05, 4.69) is 10.3 Å². The molecule has 1 fully saturated rings. The van der Waals surface area contributed by atoms with Crippen LogP contribution in [0.1, 0.15) is 16.9 Å². The number of benzene rings is 1. The molecular weight excluding hydrogens is 343 g/mol. The summed E-state index contributed by atoms with van der Waals surface area (Å²) >= 11 is 0. The highest BCUT2D eigenvalue weighted by molar-refractivity contribution is 5.92. The van der Waals surface area contributed by atoms with E-state index in [9.17, 15) is 19.3 Å². The molecule has 26 heavy (non-hydrogen) atoms. The largest absolute Gasteiger partial charge is 0.494 e. The summed E-state index contributed by atoms with van der Waals surface area (Å²) in [6.45, 7) is 0.867. The van der Waals surface area contributed by atoms with Crippen molar-refractivity contribution in [3.8, 4) is 5.75 Å². The van der Waals surface area contributed by atoms with Crippen LogP contribution >= 0.6 is 0 Å². The average molecular weight is 360 g/mol. The van der Waals surface area contributed by atoms with Gasteiger partial charge in [-0.3, -0.25) is 19.9 Å². The number of amides is 1. The Hall–Kier alpha value is -3.23. The Morgan fingerprint density at radius 1 is 1.46 bits per heavy atom. The lowest BCUT2D eigenvalue weighted by Crippen LogP contribution is -2.32. The van der Waals surface area contributed by atoms with Gasteiger partial charge in [-0.05, 0) is 18.6 Å². The fourth-order valence-electron chi connectivity index (χ4n) is 2.90. The lowest BCUT2D eigenvalue weighted by atomic mass is 10.2. The van der Waals surface area contributed by atoms with Crippen LogP contribution in [0.3, 0.4) is 0 Å². The molecule has 1 aliphatic rings. The van der Waals surface area contributed by atoms with Gasteiger partial charge in [0.2, 0.25) is 0 Å². The topological polar surface area (TPSA) is 97.6 Å². The molecule has 0 aliphatic carbocycles. The Labute approximate surface area is 148 Å². The lowest BCUT2D eigenvalue weighted by molar-refractivity contribution is -0.384. The van der Waals surface area contributed by atoms with E-state index < -0.39 is 10.7 Å². The molecule has 8 nitrogen and oxygen atoms in total. The summed E-state index contributed by atoms with van der Waals surface area (Å²) in [5.41, 5.74) is 0.130. The SMILES string of the molecule is COc1cc(NC2CCN(C(=O)c3ccccn3)C2)c([N+](=O)[O-])cc1F. The van der Waals surface area contributed by atoms with Crippen molar-refractivity contribution in [3.63, 3.8) is 0 Å². The van der Waals surface area contributed by atoms with Crippen LogP contribution in [0.15, 0.2) is 36.5 Å². The average Bonchev–Trinajstić information content (AvgIpc) is 3.11. The van der Waals surface area contributed by atoms with E-state index in [0.29, 0.717) is 25.2 Å². The van der Waals surface area contributed by atoms with Gasteiger partial charge in [0.15, 0.2) is 11.6 Å². The van der Waals surface area contributed by atoms with Gasteiger partial charge in [-0.1, -0.05) is 6.07 Å². The minimum absolute atomic E-state index is 0.0856. The van der Waals surface area contributed by atoms with E-state index in [1.165, 1.54) is 13.2 Å². The third-order valence-electron chi connectivity index (χ3n) is 4.19. The van der Waals surface area contributed by atoms with Gasteiger partial charge in [0, 0.05) is 31.4 Å². The lowest BCUT2D eigenvalue weighted by Gasteiger charge is -2.17. The molecule has 0 saturated carbocycles. The van der Waals surface area contributed by atoms with E-state index in [1.54, 1.807) is 29.3 Å². The van der Waals surface area contributed by atoms with Gasteiger partial charge in [-0.15, -0.1) is 0 Å². The summed E-state index contributed by atoms with van der Waals surface area (Å²) in [7, 11) is 1.29. The summed E-state index contributed by atoms with van der Waals surface area (Å²) in [5.74, 6) is -1.08. The predicted molar refractivity (Wildman–Crippen MR) is 91.8 cm³/mol. The molecule has 0 spiro atoms. The molecule has 1 aromatic carbocycles. The van der Waals surface area contributed by atoms with Crippen LogP contribution in [0.4, 0.5) is 15.8 Å². The van der Waals surface area contributed by atoms with Crippen molar-refractivity contribution in [1.82, 2.24) is 9.88 Å². The van der Waals surface area contributed by atoms with Crippen LogP contribution in [0, 0.1) is 15.9 Å². The number of methoxy groups -OCH3 is 1. The fourth-order valence-corrected chi connectivity index (χ4v) is 2.90. The maximum atomic E-state index is 13.7. The Morgan fingerprint density at radius 3 is 2.92 bits per heavy atom. The quantitative estimate of drug-likeness (QED) is 0.650. The number of ether oxygens (including phenoxy) is 1. The number of carbonyl (C=O) groups excluding carboxylic acids is 1. The fraction of sp³-hybridized carbons (Fsp3) is 0.294. The van der Waals surface area contributed by atoms with Crippen molar-refractivity contribution in [2.24, 2.45) is 0 Å². The van der Waals surface area contributed by atoms with Crippen molar-refractivity contribution >= 4 is 17.3 Å². The Morgan fingerprint density at radius 2 is 2.27 bits per heavy atom. The van der Waals surface area contributed by atoms with Crippen LogP contribution in [-0.2, 0) is 0 Å². The first-order chi connectivity index (χ1) is 12.5. The molecule has 1 saturated heterocycles. The molecule has 2 aromatic rings. The smallest absolute Gasteiger partial charge is 0.295 e. The predicted octanol–water partition coefficient (Wildman–Crippen LogP) is 2.46. The Kier molecular flexibility index (Phi) is 4.97. The highest BCUT2D eigenvalue weighted by Gasteiger charge is 2.29. The van der Waals surface area contributed by atoms with E-state index >= 15 is 0 Å². The Bertz CT molecular complexity index is 831. The summed E-state index contributed by atoms with van der Waals surface area (Å²) < 4.78 is 18.6. The highest BCUT2D eigenvalue weighted by atomic mass is 19.1. The first-order valence-electron chi connectivity index (χ1n) is 7.98. The van der Waals surface area contributed by atoms with E-state index in [-0.39, 0.29) is 29.1 Å². The van der Waals surface area contributed by atoms with Crippen molar-refractivity contribution in [3.05, 3.63) is 58.2 Å². The summed E-state index contributed by atoms with van der Waals surface area (Å²) in [6.07, 6.45) is 2.16. The number of carbonyl (C=O) groups is 1. The molecular formula is C17H17FN4O4. The normalized spacial score (nSPS) is 16.4. The van der Waals surface area contributed by atoms with E-state index in [4.69, 9.17) is 4.74 Å². The van der Waals surface area contributed by atoms with Gasteiger partial charge in [0.25, 0.3) is 11.6 Å². The van der Waals surface area contributed by atoms with E-state index in [1.807, 2.05) is 0 Å². The minimum Gasteiger partial charge on any atom is -0.494 e. The van der Waals surface area contributed by atoms with Crippen molar-refractivity contribution in [1.29, 1.82) is 0 Å². The standard InChI is InChI=1S/C17H17FN4O4/c1-26-16-9-14(15(22(24)25)8-12(16)18)20-11-5-7-21(10-11)17(23)13-4-2-3-6-19-13/h2-4,6,8-9,11,20H,5,7,10H2,1H3. The summed E-state index contributed by atoms with van der Waals surface area (Å²) in [6, 6.07) is 6.99. The van der Waals surface area contributed by atoms with Crippen LogP contribution in [-0.4, -0.2) is 47.0 Å². The third kappa shape index (κ3) is 3.56. The zero-order valence-electron chi connectivity index (χ0n) is 14.0. The number of nitro groups is 1. The van der Waals surface area contributed by atoms with Crippen LogP contribution in [0.2, 0.25) is 0 Å². The number of nitro benzene ring substituents is 1. The molecule has 136 valence electrons. The Balaban J connectivity index is 1.74. The summed E-state index contributed by atoms with van der Waals surface area (Å²) in [5, 5.41) is 14.2. The molecule has 0 bridgehead atoms. The van der Waals surface area contributed by atoms with Gasteiger partial charge >= 0.3 is 0 Å². The molecule has 1 aromatic heterocycles. The number of nitrogens with zero attached hydrogens (tertiary/aromatic N) is 3. The second kappa shape index (κ2) is 7.34. The number of nitrogens with one attached hydrogen (secondary N) is 1. The van der Waals surface area contributed by atoms with Gasteiger partial charge < -0.3 is 15.0 Å². The number of anilines is 1. The number of rotatable bonds is 5. The second-order valence-electron chi connectivity index (χ2n) is 5.86. The van der Waals surface area contributed by atoms with E-state index in [0.717, 1.165) is 6.07 Å². The zero-order valence-corrected chi connectivity index (χ0v) is 14.0. The van der Waals surface area contributed by atoms with Gasteiger partial charge in [-0.2, -0.15) is 0 Å². The number of hydrogen-bond acceptors (Lipinski definition) is 6. The van der Waals surface area contributed by atoms with Crippen molar-refractivity contribution in [2.75, 3.05) is 25.5 Å². The number of aromatic nitrogens is 1. The monoisotopic (exact) mass is 360 g/mol. The zero-order chi connectivity index (χ0) is 18.7. The number of likely N-dealkylation sites (tertiary alicyclic amines) is 1. The molecule has 1 N–H and O–H groups in total. The molecule has 9 heteroatoms.